The van der Waals surface area contributed by atoms with Gasteiger partial charge in [0.25, 0.3) is 5.91 Å². The first kappa shape index (κ1) is 17.2. The monoisotopic (exact) mass is 340 g/mol. The van der Waals surface area contributed by atoms with Gasteiger partial charge in [0.2, 0.25) is 5.91 Å². The average Bonchev–Trinajstić information content (AvgIpc) is 3.11. The second-order valence-electron chi connectivity index (χ2n) is 6.73. The van der Waals surface area contributed by atoms with Gasteiger partial charge in [-0.3, -0.25) is 14.6 Å². The van der Waals surface area contributed by atoms with Crippen LogP contribution in [-0.2, 0) is 4.79 Å². The summed E-state index contributed by atoms with van der Waals surface area (Å²) in [7, 11) is 0. The number of pyridine rings is 1. The van der Waals surface area contributed by atoms with Gasteiger partial charge in [-0.05, 0) is 51.0 Å². The highest BCUT2D eigenvalue weighted by molar-refractivity contribution is 5.94. The van der Waals surface area contributed by atoms with Crippen molar-refractivity contribution in [2.75, 3.05) is 13.1 Å². The molecule has 3 rings (SSSR count). The smallest absolute Gasteiger partial charge is 0.270 e. The third-order valence-corrected chi connectivity index (χ3v) is 4.40. The summed E-state index contributed by atoms with van der Waals surface area (Å²) in [6.45, 7) is 5.05. The third-order valence-electron chi connectivity index (χ3n) is 4.40. The Bertz CT molecular complexity index is 739. The number of rotatable bonds is 4. The summed E-state index contributed by atoms with van der Waals surface area (Å²) in [6, 6.07) is 7.54. The molecule has 1 saturated heterocycles. The molecule has 1 fully saturated rings. The lowest BCUT2D eigenvalue weighted by atomic mass is 9.96. The first-order chi connectivity index (χ1) is 12.1. The highest BCUT2D eigenvalue weighted by Crippen LogP contribution is 2.20. The average molecular weight is 340 g/mol. The van der Waals surface area contributed by atoms with Crippen molar-refractivity contribution in [3.63, 3.8) is 0 Å². The van der Waals surface area contributed by atoms with E-state index in [1.807, 2.05) is 48.9 Å². The zero-order valence-corrected chi connectivity index (χ0v) is 14.7. The van der Waals surface area contributed by atoms with Gasteiger partial charge in [-0.15, -0.1) is 0 Å². The standard InChI is InChI=1S/C19H24N4O2/c1-14(2)21-18(24)15-6-4-10-22(13-15)19(25)17-8-5-11-23(17)16-7-3-9-20-12-16/h3,5,7-9,11-12,14-15H,4,6,10,13H2,1-2H3,(H,21,24)/t15-/m1/s1. The van der Waals surface area contributed by atoms with Crippen LogP contribution in [0.15, 0.2) is 42.9 Å². The van der Waals surface area contributed by atoms with Crippen LogP contribution in [0.1, 0.15) is 37.2 Å². The quantitative estimate of drug-likeness (QED) is 0.928. The Kier molecular flexibility index (Phi) is 5.16. The van der Waals surface area contributed by atoms with E-state index in [4.69, 9.17) is 0 Å². The van der Waals surface area contributed by atoms with Crippen molar-refractivity contribution >= 4 is 11.8 Å². The van der Waals surface area contributed by atoms with Crippen molar-refractivity contribution in [1.82, 2.24) is 19.8 Å². The van der Waals surface area contributed by atoms with Crippen LogP contribution in [-0.4, -0.2) is 45.4 Å². The summed E-state index contributed by atoms with van der Waals surface area (Å²) in [5.74, 6) is -0.145. The van der Waals surface area contributed by atoms with E-state index in [-0.39, 0.29) is 23.8 Å². The molecule has 1 N–H and O–H groups in total. The molecular formula is C19H24N4O2. The lowest BCUT2D eigenvalue weighted by Gasteiger charge is -2.32. The van der Waals surface area contributed by atoms with Gasteiger partial charge >= 0.3 is 0 Å². The Hall–Kier alpha value is -2.63. The summed E-state index contributed by atoms with van der Waals surface area (Å²) >= 11 is 0. The topological polar surface area (TPSA) is 67.2 Å². The molecule has 1 atom stereocenters. The van der Waals surface area contributed by atoms with Crippen molar-refractivity contribution < 1.29 is 9.59 Å². The number of piperidine rings is 1. The molecule has 0 aromatic carbocycles. The van der Waals surface area contributed by atoms with Gasteiger partial charge in [0.05, 0.1) is 17.8 Å². The molecule has 0 spiro atoms. The lowest BCUT2D eigenvalue weighted by Crippen LogP contribution is -2.47. The van der Waals surface area contributed by atoms with Crippen molar-refractivity contribution in [2.45, 2.75) is 32.7 Å². The molecule has 6 heteroatoms. The first-order valence-corrected chi connectivity index (χ1v) is 8.73. The van der Waals surface area contributed by atoms with Crippen LogP contribution in [0.4, 0.5) is 0 Å². The number of carbonyl (C=O) groups excluding carboxylic acids is 2. The summed E-state index contributed by atoms with van der Waals surface area (Å²) in [5, 5.41) is 2.95. The number of nitrogens with zero attached hydrogens (tertiary/aromatic N) is 3. The second kappa shape index (κ2) is 7.51. The maximum absolute atomic E-state index is 13.0. The van der Waals surface area contributed by atoms with E-state index in [1.54, 1.807) is 17.3 Å². The molecule has 1 aliphatic rings. The van der Waals surface area contributed by atoms with Crippen LogP contribution in [0.3, 0.4) is 0 Å². The molecule has 1 aliphatic heterocycles. The number of carbonyl (C=O) groups is 2. The SMILES string of the molecule is CC(C)NC(=O)[C@@H]1CCCN(C(=O)c2cccn2-c2cccnc2)C1. The van der Waals surface area contributed by atoms with Crippen LogP contribution in [0.25, 0.3) is 5.69 Å². The molecule has 25 heavy (non-hydrogen) atoms. The zero-order valence-electron chi connectivity index (χ0n) is 14.7. The largest absolute Gasteiger partial charge is 0.354 e. The van der Waals surface area contributed by atoms with Crippen molar-refractivity contribution in [1.29, 1.82) is 0 Å². The molecule has 2 amide bonds. The summed E-state index contributed by atoms with van der Waals surface area (Å²) in [4.78, 5) is 31.2. The van der Waals surface area contributed by atoms with E-state index in [1.165, 1.54) is 0 Å². The number of aromatic nitrogens is 2. The van der Waals surface area contributed by atoms with Gasteiger partial charge in [0.15, 0.2) is 0 Å². The Balaban J connectivity index is 1.76. The minimum absolute atomic E-state index is 0.0372. The zero-order chi connectivity index (χ0) is 17.8. The van der Waals surface area contributed by atoms with Gasteiger partial charge in [-0.2, -0.15) is 0 Å². The highest BCUT2D eigenvalue weighted by Gasteiger charge is 2.30. The Morgan fingerprint density at radius 2 is 2.12 bits per heavy atom. The number of hydrogen-bond donors (Lipinski definition) is 1. The fraction of sp³-hybridized carbons (Fsp3) is 0.421. The van der Waals surface area contributed by atoms with Gasteiger partial charge in [0, 0.05) is 31.5 Å². The summed E-state index contributed by atoms with van der Waals surface area (Å²) < 4.78 is 1.84. The third kappa shape index (κ3) is 3.90. The van der Waals surface area contributed by atoms with Crippen molar-refractivity contribution in [3.05, 3.63) is 48.5 Å². The Morgan fingerprint density at radius 1 is 1.28 bits per heavy atom. The molecule has 0 saturated carbocycles. The molecule has 2 aromatic heterocycles. The molecule has 0 unspecified atom stereocenters. The molecule has 0 aliphatic carbocycles. The van der Waals surface area contributed by atoms with Crippen LogP contribution < -0.4 is 5.32 Å². The molecule has 132 valence electrons. The number of likely N-dealkylation sites (tertiary alicyclic amines) is 1. The second-order valence-corrected chi connectivity index (χ2v) is 6.73. The van der Waals surface area contributed by atoms with E-state index in [0.29, 0.717) is 18.8 Å². The Morgan fingerprint density at radius 3 is 2.84 bits per heavy atom. The highest BCUT2D eigenvalue weighted by atomic mass is 16.2. The number of hydrogen-bond acceptors (Lipinski definition) is 3. The van der Waals surface area contributed by atoms with Gasteiger partial charge in [-0.25, -0.2) is 0 Å². The van der Waals surface area contributed by atoms with E-state index in [9.17, 15) is 9.59 Å². The summed E-state index contributed by atoms with van der Waals surface area (Å²) in [5.41, 5.74) is 1.44. The van der Waals surface area contributed by atoms with Gasteiger partial charge in [-0.1, -0.05) is 0 Å². The number of amides is 2. The molecule has 3 heterocycles. The lowest BCUT2D eigenvalue weighted by molar-refractivity contribution is -0.126. The minimum Gasteiger partial charge on any atom is -0.354 e. The normalized spacial score (nSPS) is 17.6. The molecule has 2 aromatic rings. The summed E-state index contributed by atoms with van der Waals surface area (Å²) in [6.07, 6.45) is 6.96. The van der Waals surface area contributed by atoms with Crippen LogP contribution in [0.5, 0.6) is 0 Å². The fourth-order valence-electron chi connectivity index (χ4n) is 3.22. The fourth-order valence-corrected chi connectivity index (χ4v) is 3.22. The van der Waals surface area contributed by atoms with E-state index in [0.717, 1.165) is 18.5 Å². The number of nitrogens with one attached hydrogen (secondary N) is 1. The van der Waals surface area contributed by atoms with Gasteiger partial charge < -0.3 is 14.8 Å². The van der Waals surface area contributed by atoms with Crippen LogP contribution in [0.2, 0.25) is 0 Å². The van der Waals surface area contributed by atoms with Crippen molar-refractivity contribution in [2.24, 2.45) is 5.92 Å². The first-order valence-electron chi connectivity index (χ1n) is 8.73. The molecule has 6 nitrogen and oxygen atoms in total. The molecule has 0 bridgehead atoms. The maximum atomic E-state index is 13.0. The van der Waals surface area contributed by atoms with Crippen LogP contribution >= 0.6 is 0 Å². The van der Waals surface area contributed by atoms with Crippen LogP contribution in [0, 0.1) is 5.92 Å². The predicted molar refractivity (Wildman–Crippen MR) is 95.5 cm³/mol. The van der Waals surface area contributed by atoms with Gasteiger partial charge in [0.1, 0.15) is 5.69 Å². The predicted octanol–water partition coefficient (Wildman–Crippen LogP) is 2.25. The van der Waals surface area contributed by atoms with E-state index < -0.39 is 0 Å². The van der Waals surface area contributed by atoms with Crippen molar-refractivity contribution in [3.8, 4) is 5.69 Å². The van der Waals surface area contributed by atoms with E-state index >= 15 is 0 Å². The maximum Gasteiger partial charge on any atom is 0.270 e. The molecular weight excluding hydrogens is 316 g/mol. The Labute approximate surface area is 147 Å². The minimum atomic E-state index is -0.137. The molecule has 0 radical (unpaired) electrons. The van der Waals surface area contributed by atoms with E-state index in [2.05, 4.69) is 10.3 Å².